The van der Waals surface area contributed by atoms with Gasteiger partial charge >= 0.3 is 0 Å². The van der Waals surface area contributed by atoms with Crippen LogP contribution in [0.2, 0.25) is 0 Å². The molecule has 21 heavy (non-hydrogen) atoms. The Kier molecular flexibility index (Phi) is 4.33. The fourth-order valence-corrected chi connectivity index (χ4v) is 1.81. The van der Waals surface area contributed by atoms with Crippen LogP contribution in [0, 0.1) is 10.1 Å². The van der Waals surface area contributed by atoms with E-state index in [-0.39, 0.29) is 24.6 Å². The van der Waals surface area contributed by atoms with Crippen LogP contribution in [0.3, 0.4) is 0 Å². The summed E-state index contributed by atoms with van der Waals surface area (Å²) in [5, 5.41) is 18.7. The second-order valence-corrected chi connectivity index (χ2v) is 4.27. The van der Waals surface area contributed by atoms with Crippen molar-refractivity contribution in [3.8, 4) is 11.5 Å². The van der Waals surface area contributed by atoms with Gasteiger partial charge in [-0.3, -0.25) is 14.8 Å². The Hall–Kier alpha value is -2.68. The van der Waals surface area contributed by atoms with Gasteiger partial charge in [0.1, 0.15) is 12.3 Å². The lowest BCUT2D eigenvalue weighted by molar-refractivity contribution is -0.385. The molecule has 0 unspecified atom stereocenters. The monoisotopic (exact) mass is 293 g/mol. The Labute approximate surface area is 120 Å². The van der Waals surface area contributed by atoms with Crippen LogP contribution in [-0.2, 0) is 20.2 Å². The number of aryl methyl sites for hydroxylation is 1. The van der Waals surface area contributed by atoms with Gasteiger partial charge in [0.25, 0.3) is 5.69 Å². The second kappa shape index (κ2) is 6.18. The van der Waals surface area contributed by atoms with Crippen LogP contribution in [0.15, 0.2) is 18.3 Å². The molecule has 0 atom stereocenters. The van der Waals surface area contributed by atoms with Crippen molar-refractivity contribution < 1.29 is 14.4 Å². The van der Waals surface area contributed by atoms with Crippen molar-refractivity contribution in [2.24, 2.45) is 12.8 Å². The number of rotatable bonds is 6. The van der Waals surface area contributed by atoms with Crippen LogP contribution in [-0.4, -0.2) is 27.0 Å². The minimum atomic E-state index is -0.503. The van der Waals surface area contributed by atoms with E-state index in [9.17, 15) is 10.1 Å². The Morgan fingerprint density at radius 3 is 2.71 bits per heavy atom. The van der Waals surface area contributed by atoms with Gasteiger partial charge in [0, 0.05) is 19.2 Å². The molecule has 0 saturated carbocycles. The summed E-state index contributed by atoms with van der Waals surface area (Å²) in [5.41, 5.74) is 6.38. The van der Waals surface area contributed by atoms with Gasteiger partial charge < -0.3 is 15.2 Å². The number of methoxy groups -OCH3 is 1. The number of nitro benzene ring substituents is 1. The lowest BCUT2D eigenvalue weighted by Gasteiger charge is -2.11. The van der Waals surface area contributed by atoms with E-state index in [0.29, 0.717) is 17.0 Å². The van der Waals surface area contributed by atoms with E-state index in [2.05, 4.69) is 10.3 Å². The van der Waals surface area contributed by atoms with Crippen molar-refractivity contribution in [2.45, 2.75) is 13.2 Å². The van der Waals surface area contributed by atoms with E-state index < -0.39 is 4.92 Å². The predicted octanol–water partition coefficient (Wildman–Crippen LogP) is 0.770. The van der Waals surface area contributed by atoms with Crippen LogP contribution in [0.4, 0.5) is 5.69 Å². The van der Waals surface area contributed by atoms with E-state index in [1.807, 2.05) is 0 Å². The number of nitrogens with zero attached hydrogens (tertiary/aromatic N) is 4. The molecular formula is C12H15N5O4. The molecule has 0 aliphatic heterocycles. The summed E-state index contributed by atoms with van der Waals surface area (Å²) < 4.78 is 12.2. The summed E-state index contributed by atoms with van der Waals surface area (Å²) in [6, 6.07) is 2.81. The summed E-state index contributed by atoms with van der Waals surface area (Å²) in [6.07, 6.45) is 1.69. The first-order chi connectivity index (χ1) is 10.0. The molecule has 0 bridgehead atoms. The predicted molar refractivity (Wildman–Crippen MR) is 72.9 cm³/mol. The van der Waals surface area contributed by atoms with Crippen molar-refractivity contribution in [2.75, 3.05) is 7.11 Å². The zero-order valence-electron chi connectivity index (χ0n) is 11.6. The Balaban J connectivity index is 2.28. The normalized spacial score (nSPS) is 10.4. The van der Waals surface area contributed by atoms with Crippen LogP contribution in [0.25, 0.3) is 0 Å². The maximum atomic E-state index is 11.0. The van der Waals surface area contributed by atoms with Crippen LogP contribution in [0.5, 0.6) is 11.5 Å². The molecule has 0 saturated heterocycles. The van der Waals surface area contributed by atoms with Crippen LogP contribution < -0.4 is 15.2 Å². The molecule has 0 aliphatic carbocycles. The lowest BCUT2D eigenvalue weighted by atomic mass is 10.1. The molecule has 0 aliphatic rings. The third-order valence-electron chi connectivity index (χ3n) is 2.81. The van der Waals surface area contributed by atoms with E-state index in [0.717, 1.165) is 0 Å². The van der Waals surface area contributed by atoms with Gasteiger partial charge in [-0.1, -0.05) is 5.21 Å². The van der Waals surface area contributed by atoms with Gasteiger partial charge in [0.15, 0.2) is 11.5 Å². The molecule has 2 N–H and O–H groups in total. The maximum absolute atomic E-state index is 11.0. The molecular weight excluding hydrogens is 278 g/mol. The molecule has 1 aromatic carbocycles. The van der Waals surface area contributed by atoms with E-state index >= 15 is 0 Å². The second-order valence-electron chi connectivity index (χ2n) is 4.27. The molecule has 9 nitrogen and oxygen atoms in total. The minimum absolute atomic E-state index is 0.0388. The largest absolute Gasteiger partial charge is 0.493 e. The first-order valence-corrected chi connectivity index (χ1v) is 6.08. The summed E-state index contributed by atoms with van der Waals surface area (Å²) >= 11 is 0. The minimum Gasteiger partial charge on any atom is -0.493 e. The molecule has 9 heteroatoms. The highest BCUT2D eigenvalue weighted by molar-refractivity contribution is 5.54. The average molecular weight is 293 g/mol. The van der Waals surface area contributed by atoms with Gasteiger partial charge in [-0.05, 0) is 6.07 Å². The number of hydrogen-bond acceptors (Lipinski definition) is 7. The molecule has 2 rings (SSSR count). The van der Waals surface area contributed by atoms with Crippen LogP contribution in [0.1, 0.15) is 11.3 Å². The van der Waals surface area contributed by atoms with Crippen molar-refractivity contribution in [1.82, 2.24) is 15.0 Å². The van der Waals surface area contributed by atoms with E-state index in [1.54, 1.807) is 13.2 Å². The summed E-state index contributed by atoms with van der Waals surface area (Å²) in [5.74, 6) is 0.636. The quantitative estimate of drug-likeness (QED) is 0.617. The fraction of sp³-hybridized carbons (Fsp3) is 0.333. The molecule has 1 heterocycles. The molecule has 1 aromatic heterocycles. The van der Waals surface area contributed by atoms with Crippen molar-refractivity contribution in [3.05, 3.63) is 39.7 Å². The fourth-order valence-electron chi connectivity index (χ4n) is 1.81. The third-order valence-corrected chi connectivity index (χ3v) is 2.81. The van der Waals surface area contributed by atoms with Gasteiger partial charge in [-0.25, -0.2) is 0 Å². The highest BCUT2D eigenvalue weighted by Gasteiger charge is 2.19. The first-order valence-electron chi connectivity index (χ1n) is 6.08. The Bertz CT molecular complexity index is 655. The van der Waals surface area contributed by atoms with Crippen molar-refractivity contribution in [1.29, 1.82) is 0 Å². The number of hydrogen-bond donors (Lipinski definition) is 1. The van der Waals surface area contributed by atoms with Gasteiger partial charge in [-0.2, -0.15) is 0 Å². The summed E-state index contributed by atoms with van der Waals surface area (Å²) in [7, 11) is 3.19. The first kappa shape index (κ1) is 14.7. The topological polar surface area (TPSA) is 118 Å². The maximum Gasteiger partial charge on any atom is 0.277 e. The highest BCUT2D eigenvalue weighted by Crippen LogP contribution is 2.34. The van der Waals surface area contributed by atoms with Crippen molar-refractivity contribution >= 4 is 5.69 Å². The number of ether oxygens (including phenoxy) is 2. The van der Waals surface area contributed by atoms with Crippen molar-refractivity contribution in [3.63, 3.8) is 0 Å². The van der Waals surface area contributed by atoms with Gasteiger partial charge in [-0.15, -0.1) is 5.10 Å². The smallest absolute Gasteiger partial charge is 0.277 e. The van der Waals surface area contributed by atoms with E-state index in [4.69, 9.17) is 15.2 Å². The lowest BCUT2D eigenvalue weighted by Crippen LogP contribution is -2.05. The molecule has 0 radical (unpaired) electrons. The average Bonchev–Trinajstić information content (AvgIpc) is 2.89. The van der Waals surface area contributed by atoms with Gasteiger partial charge in [0.05, 0.1) is 24.3 Å². The zero-order valence-corrected chi connectivity index (χ0v) is 11.6. The summed E-state index contributed by atoms with van der Waals surface area (Å²) in [4.78, 5) is 10.5. The van der Waals surface area contributed by atoms with E-state index in [1.165, 1.54) is 23.9 Å². The zero-order chi connectivity index (χ0) is 15.4. The number of nitrogens with two attached hydrogens (primary N) is 1. The molecule has 0 spiro atoms. The number of aromatic nitrogens is 3. The molecule has 112 valence electrons. The number of nitro groups is 1. The summed E-state index contributed by atoms with van der Waals surface area (Å²) in [6.45, 7) is 0.167. The van der Waals surface area contributed by atoms with Crippen LogP contribution >= 0.6 is 0 Å². The molecule has 0 amide bonds. The molecule has 0 fully saturated rings. The third kappa shape index (κ3) is 3.26. The highest BCUT2D eigenvalue weighted by atomic mass is 16.6. The SMILES string of the molecule is COc1cc(CN)c([N+](=O)[O-])cc1OCc1cn(C)nn1. The Morgan fingerprint density at radius 2 is 2.19 bits per heavy atom. The van der Waals surface area contributed by atoms with Gasteiger partial charge in [0.2, 0.25) is 0 Å². The Morgan fingerprint density at radius 1 is 1.43 bits per heavy atom. The molecule has 2 aromatic rings. The number of benzene rings is 1. The standard InChI is InChI=1S/C12H15N5O4/c1-16-6-9(14-15-16)7-21-12-4-10(17(18)19)8(5-13)3-11(12)20-2/h3-4,6H,5,7,13H2,1-2H3.